The fraction of sp³-hybridized carbons (Fsp3) is 0.929. The van der Waals surface area contributed by atoms with E-state index in [2.05, 4.69) is 13.8 Å². The van der Waals surface area contributed by atoms with E-state index in [0.717, 1.165) is 44.6 Å². The van der Waals surface area contributed by atoms with Gasteiger partial charge < -0.3 is 4.74 Å². The van der Waals surface area contributed by atoms with Gasteiger partial charge in [-0.15, -0.1) is 0 Å². The molecule has 0 unspecified atom stereocenters. The van der Waals surface area contributed by atoms with Crippen LogP contribution in [-0.4, -0.2) is 18.0 Å². The van der Waals surface area contributed by atoms with Gasteiger partial charge in [-0.25, -0.2) is 0 Å². The summed E-state index contributed by atoms with van der Waals surface area (Å²) in [5.41, 5.74) is -0.420. The van der Waals surface area contributed by atoms with E-state index in [1.807, 2.05) is 6.92 Å². The second-order valence-electron chi connectivity index (χ2n) is 4.97. The Morgan fingerprint density at radius 3 is 2.31 bits per heavy atom. The molecule has 0 spiro atoms. The molecule has 16 heavy (non-hydrogen) atoms. The summed E-state index contributed by atoms with van der Waals surface area (Å²) in [5, 5.41) is 0. The van der Waals surface area contributed by atoms with E-state index in [0.29, 0.717) is 12.2 Å². The predicted molar refractivity (Wildman–Crippen MR) is 66.5 cm³/mol. The van der Waals surface area contributed by atoms with Gasteiger partial charge in [0, 0.05) is 13.0 Å². The van der Waals surface area contributed by atoms with Crippen LogP contribution in [0.1, 0.15) is 65.7 Å². The molecular formula is C14H26O2. The maximum absolute atomic E-state index is 12.1. The standard InChI is InChI=1S/C14H26O2/c1-4-11-16-14(13(15)6-3)9-7-12(5-2)8-10-14/h12H,4-11H2,1-3H3. The SMILES string of the molecule is CCCOC1(C(=O)CC)CCC(CC)CC1. The molecule has 0 radical (unpaired) electrons. The summed E-state index contributed by atoms with van der Waals surface area (Å²) in [6.45, 7) is 7.02. The maximum Gasteiger partial charge on any atom is 0.164 e. The number of hydrogen-bond donors (Lipinski definition) is 0. The Kier molecular flexibility index (Phi) is 5.47. The number of ketones is 1. The largest absolute Gasteiger partial charge is 0.367 e. The van der Waals surface area contributed by atoms with Crippen molar-refractivity contribution in [2.45, 2.75) is 71.3 Å². The van der Waals surface area contributed by atoms with Gasteiger partial charge in [0.1, 0.15) is 5.60 Å². The van der Waals surface area contributed by atoms with Crippen LogP contribution < -0.4 is 0 Å². The Morgan fingerprint density at radius 1 is 1.25 bits per heavy atom. The van der Waals surface area contributed by atoms with Crippen molar-refractivity contribution in [1.82, 2.24) is 0 Å². The first-order valence-electron chi connectivity index (χ1n) is 6.85. The number of rotatable bonds is 6. The van der Waals surface area contributed by atoms with Crippen molar-refractivity contribution in [3.8, 4) is 0 Å². The highest BCUT2D eigenvalue weighted by Gasteiger charge is 2.40. The average molecular weight is 226 g/mol. The Bertz CT molecular complexity index is 215. The summed E-state index contributed by atoms with van der Waals surface area (Å²) in [7, 11) is 0. The van der Waals surface area contributed by atoms with Crippen molar-refractivity contribution in [2.75, 3.05) is 6.61 Å². The summed E-state index contributed by atoms with van der Waals surface area (Å²) >= 11 is 0. The lowest BCUT2D eigenvalue weighted by Crippen LogP contribution is -2.44. The molecule has 0 N–H and O–H groups in total. The Morgan fingerprint density at radius 2 is 1.88 bits per heavy atom. The smallest absolute Gasteiger partial charge is 0.164 e. The summed E-state index contributed by atoms with van der Waals surface area (Å²) in [4.78, 5) is 12.1. The predicted octanol–water partition coefficient (Wildman–Crippen LogP) is 3.73. The van der Waals surface area contributed by atoms with Crippen molar-refractivity contribution in [3.63, 3.8) is 0 Å². The van der Waals surface area contributed by atoms with Gasteiger partial charge in [-0.05, 0) is 38.0 Å². The molecule has 0 heterocycles. The zero-order valence-electron chi connectivity index (χ0n) is 11.1. The van der Waals surface area contributed by atoms with Gasteiger partial charge >= 0.3 is 0 Å². The fourth-order valence-corrected chi connectivity index (χ4v) is 2.68. The minimum Gasteiger partial charge on any atom is -0.367 e. The van der Waals surface area contributed by atoms with Crippen LogP contribution in [-0.2, 0) is 9.53 Å². The lowest BCUT2D eigenvalue weighted by molar-refractivity contribution is -0.151. The monoisotopic (exact) mass is 226 g/mol. The van der Waals surface area contributed by atoms with Crippen LogP contribution in [0.5, 0.6) is 0 Å². The second kappa shape index (κ2) is 6.39. The van der Waals surface area contributed by atoms with E-state index in [4.69, 9.17) is 4.74 Å². The molecule has 2 heteroatoms. The zero-order chi connectivity index (χ0) is 12.0. The molecule has 0 aromatic carbocycles. The highest BCUT2D eigenvalue weighted by atomic mass is 16.5. The van der Waals surface area contributed by atoms with Crippen molar-refractivity contribution in [2.24, 2.45) is 5.92 Å². The van der Waals surface area contributed by atoms with Crippen LogP contribution in [0.3, 0.4) is 0 Å². The van der Waals surface area contributed by atoms with E-state index in [1.54, 1.807) is 0 Å². The summed E-state index contributed by atoms with van der Waals surface area (Å²) < 4.78 is 5.92. The number of Topliss-reactive ketones (excluding diaryl/α,β-unsaturated/α-hetero) is 1. The van der Waals surface area contributed by atoms with Crippen molar-refractivity contribution in [3.05, 3.63) is 0 Å². The van der Waals surface area contributed by atoms with E-state index >= 15 is 0 Å². The first kappa shape index (κ1) is 13.7. The molecule has 0 bridgehead atoms. The van der Waals surface area contributed by atoms with Crippen LogP contribution in [0.4, 0.5) is 0 Å². The minimum atomic E-state index is -0.420. The fourth-order valence-electron chi connectivity index (χ4n) is 2.68. The summed E-state index contributed by atoms with van der Waals surface area (Å²) in [5.74, 6) is 1.12. The average Bonchev–Trinajstić information content (AvgIpc) is 2.36. The molecule has 0 aromatic rings. The molecule has 0 aromatic heterocycles. The summed E-state index contributed by atoms with van der Waals surface area (Å²) in [6, 6.07) is 0. The van der Waals surface area contributed by atoms with E-state index in [1.165, 1.54) is 6.42 Å². The molecule has 2 nitrogen and oxygen atoms in total. The molecule has 94 valence electrons. The molecule has 0 aliphatic heterocycles. The summed E-state index contributed by atoms with van der Waals surface area (Å²) in [6.07, 6.45) is 7.05. The van der Waals surface area contributed by atoms with Gasteiger partial charge in [-0.3, -0.25) is 4.79 Å². The molecule has 1 rings (SSSR count). The number of carbonyl (C=O) groups is 1. The van der Waals surface area contributed by atoms with Crippen LogP contribution in [0.15, 0.2) is 0 Å². The lowest BCUT2D eigenvalue weighted by atomic mass is 9.75. The molecule has 1 aliphatic carbocycles. The van der Waals surface area contributed by atoms with Gasteiger partial charge in [0.15, 0.2) is 5.78 Å². The number of ether oxygens (including phenoxy) is 1. The van der Waals surface area contributed by atoms with Gasteiger partial charge in [-0.1, -0.05) is 27.2 Å². The third kappa shape index (κ3) is 3.07. The molecule has 0 atom stereocenters. The lowest BCUT2D eigenvalue weighted by Gasteiger charge is -2.38. The topological polar surface area (TPSA) is 26.3 Å². The molecule has 1 fully saturated rings. The van der Waals surface area contributed by atoms with Crippen LogP contribution in [0.2, 0.25) is 0 Å². The quantitative estimate of drug-likeness (QED) is 0.689. The van der Waals surface area contributed by atoms with Crippen molar-refractivity contribution < 1.29 is 9.53 Å². The van der Waals surface area contributed by atoms with Gasteiger partial charge in [0.25, 0.3) is 0 Å². The molecule has 1 aliphatic rings. The third-order valence-corrected chi connectivity index (χ3v) is 3.90. The zero-order valence-corrected chi connectivity index (χ0v) is 11.1. The molecular weight excluding hydrogens is 200 g/mol. The molecule has 1 saturated carbocycles. The van der Waals surface area contributed by atoms with Gasteiger partial charge in [0.05, 0.1) is 0 Å². The maximum atomic E-state index is 12.1. The van der Waals surface area contributed by atoms with Crippen molar-refractivity contribution >= 4 is 5.78 Å². The molecule has 0 amide bonds. The van der Waals surface area contributed by atoms with E-state index in [9.17, 15) is 4.79 Å². The first-order valence-corrected chi connectivity index (χ1v) is 6.85. The van der Waals surface area contributed by atoms with Crippen LogP contribution >= 0.6 is 0 Å². The van der Waals surface area contributed by atoms with Gasteiger partial charge in [-0.2, -0.15) is 0 Å². The van der Waals surface area contributed by atoms with Crippen molar-refractivity contribution in [1.29, 1.82) is 0 Å². The second-order valence-corrected chi connectivity index (χ2v) is 4.97. The Labute approximate surface area is 99.8 Å². The first-order chi connectivity index (χ1) is 7.68. The highest BCUT2D eigenvalue weighted by Crippen LogP contribution is 2.37. The minimum absolute atomic E-state index is 0.315. The number of carbonyl (C=O) groups excluding carboxylic acids is 1. The van der Waals surface area contributed by atoms with Crippen LogP contribution in [0.25, 0.3) is 0 Å². The van der Waals surface area contributed by atoms with Crippen LogP contribution in [0, 0.1) is 5.92 Å². The van der Waals surface area contributed by atoms with E-state index in [-0.39, 0.29) is 0 Å². The normalized spacial score (nSPS) is 30.3. The van der Waals surface area contributed by atoms with Gasteiger partial charge in [0.2, 0.25) is 0 Å². The third-order valence-electron chi connectivity index (χ3n) is 3.90. The van der Waals surface area contributed by atoms with E-state index < -0.39 is 5.60 Å². The highest BCUT2D eigenvalue weighted by molar-refractivity contribution is 5.87. The Balaban J connectivity index is 2.62. The molecule has 0 saturated heterocycles. The Hall–Kier alpha value is -0.370. The number of hydrogen-bond acceptors (Lipinski definition) is 2.